The molecule has 1 aromatic heterocycles. The number of nitrogens with zero attached hydrogens (tertiary/aromatic N) is 2. The van der Waals surface area contributed by atoms with Crippen molar-refractivity contribution in [1.29, 1.82) is 0 Å². The Bertz CT molecular complexity index is 882. The minimum absolute atomic E-state index is 0.0442. The van der Waals surface area contributed by atoms with Gasteiger partial charge in [0.1, 0.15) is 0 Å². The Labute approximate surface area is 159 Å². The van der Waals surface area contributed by atoms with Gasteiger partial charge in [-0.1, -0.05) is 42.1 Å². The molecule has 0 unspecified atom stereocenters. The van der Waals surface area contributed by atoms with E-state index in [1.54, 1.807) is 0 Å². The van der Waals surface area contributed by atoms with Gasteiger partial charge in [-0.05, 0) is 23.8 Å². The third-order valence-corrected chi connectivity index (χ3v) is 4.86. The van der Waals surface area contributed by atoms with E-state index < -0.39 is 11.7 Å². The van der Waals surface area contributed by atoms with E-state index in [1.807, 2.05) is 34.9 Å². The molecule has 0 bridgehead atoms. The lowest BCUT2D eigenvalue weighted by atomic mass is 10.2. The van der Waals surface area contributed by atoms with Crippen molar-refractivity contribution in [2.24, 2.45) is 0 Å². The molecule has 0 aliphatic carbocycles. The summed E-state index contributed by atoms with van der Waals surface area (Å²) in [5.41, 5.74) is 1.31. The molecule has 27 heavy (non-hydrogen) atoms. The van der Waals surface area contributed by atoms with Crippen molar-refractivity contribution >= 4 is 22.8 Å². The van der Waals surface area contributed by atoms with Crippen molar-refractivity contribution in [1.82, 2.24) is 9.55 Å². The Hall–Kier alpha value is -2.03. The Kier molecular flexibility index (Phi) is 6.41. The molecule has 0 fully saturated rings. The second-order valence-corrected chi connectivity index (χ2v) is 6.91. The van der Waals surface area contributed by atoms with Crippen molar-refractivity contribution in [3.05, 3.63) is 59.7 Å². The lowest BCUT2D eigenvalue weighted by Gasteiger charge is -2.10. The van der Waals surface area contributed by atoms with Crippen LogP contribution < -0.4 is 0 Å². The molecule has 0 amide bonds. The molecule has 0 atom stereocenters. The first-order valence-electron chi connectivity index (χ1n) is 8.42. The summed E-state index contributed by atoms with van der Waals surface area (Å²) in [6.45, 7) is 1.16. The van der Waals surface area contributed by atoms with Gasteiger partial charge in [-0.2, -0.15) is 13.2 Å². The number of imidazole rings is 1. The smallest absolute Gasteiger partial charge is 0.394 e. The molecule has 0 spiro atoms. The molecular formula is C19H19F3N2O2S. The second-order valence-electron chi connectivity index (χ2n) is 5.85. The summed E-state index contributed by atoms with van der Waals surface area (Å²) >= 11 is 1.42. The van der Waals surface area contributed by atoms with Crippen LogP contribution in [0.15, 0.2) is 53.7 Å². The number of rotatable bonds is 8. The van der Waals surface area contributed by atoms with Crippen molar-refractivity contribution in [2.75, 3.05) is 25.6 Å². The zero-order valence-electron chi connectivity index (χ0n) is 14.4. The number of hydrogen-bond donors (Lipinski definition) is 1. The van der Waals surface area contributed by atoms with E-state index in [0.29, 0.717) is 35.1 Å². The standard InChI is InChI=1S/C19H19F3N2O2S/c20-19(21,22)15-6-7-17-16(12-15)23-18(27-11-10-26-9-8-25)24(17)13-14-4-2-1-3-5-14/h1-7,12,25H,8-11,13H2. The highest BCUT2D eigenvalue weighted by Crippen LogP contribution is 2.33. The van der Waals surface area contributed by atoms with Gasteiger partial charge in [-0.25, -0.2) is 4.98 Å². The fraction of sp³-hybridized carbons (Fsp3) is 0.316. The highest BCUT2D eigenvalue weighted by atomic mass is 32.2. The lowest BCUT2D eigenvalue weighted by molar-refractivity contribution is -0.137. The molecular weight excluding hydrogens is 377 g/mol. The topological polar surface area (TPSA) is 47.3 Å². The molecule has 144 valence electrons. The molecule has 8 heteroatoms. The number of fused-ring (bicyclic) bond motifs is 1. The molecule has 1 N–H and O–H groups in total. The Morgan fingerprint density at radius 2 is 1.85 bits per heavy atom. The number of alkyl halides is 3. The molecule has 1 heterocycles. The first-order chi connectivity index (χ1) is 13.0. The van der Waals surface area contributed by atoms with E-state index in [9.17, 15) is 13.2 Å². The summed E-state index contributed by atoms with van der Waals surface area (Å²) in [7, 11) is 0. The number of aliphatic hydroxyl groups is 1. The van der Waals surface area contributed by atoms with Crippen LogP contribution in [0.4, 0.5) is 13.2 Å². The third-order valence-electron chi connectivity index (χ3n) is 3.92. The monoisotopic (exact) mass is 396 g/mol. The van der Waals surface area contributed by atoms with Crippen LogP contribution in [-0.2, 0) is 17.5 Å². The maximum atomic E-state index is 13.0. The van der Waals surface area contributed by atoms with Gasteiger partial charge in [0, 0.05) is 5.75 Å². The van der Waals surface area contributed by atoms with Crippen molar-refractivity contribution < 1.29 is 23.0 Å². The number of halogens is 3. The van der Waals surface area contributed by atoms with E-state index in [4.69, 9.17) is 9.84 Å². The van der Waals surface area contributed by atoms with E-state index in [2.05, 4.69) is 4.98 Å². The SMILES string of the molecule is OCCOCCSc1nc2cc(C(F)(F)F)ccc2n1Cc1ccccc1. The molecule has 4 nitrogen and oxygen atoms in total. The van der Waals surface area contributed by atoms with Crippen LogP contribution in [0.2, 0.25) is 0 Å². The predicted octanol–water partition coefficient (Wildman–Crippen LogP) is 4.20. The van der Waals surface area contributed by atoms with Gasteiger partial charge in [-0.3, -0.25) is 0 Å². The van der Waals surface area contributed by atoms with Gasteiger partial charge < -0.3 is 14.4 Å². The summed E-state index contributed by atoms with van der Waals surface area (Å²) in [6, 6.07) is 13.3. The molecule has 3 rings (SSSR count). The average molecular weight is 396 g/mol. The van der Waals surface area contributed by atoms with Gasteiger partial charge in [0.25, 0.3) is 0 Å². The molecule has 0 radical (unpaired) electrons. The van der Waals surface area contributed by atoms with Crippen LogP contribution in [0.3, 0.4) is 0 Å². The maximum Gasteiger partial charge on any atom is 0.416 e. The number of ether oxygens (including phenoxy) is 1. The Morgan fingerprint density at radius 3 is 2.56 bits per heavy atom. The minimum Gasteiger partial charge on any atom is -0.394 e. The molecule has 0 saturated carbocycles. The van der Waals surface area contributed by atoms with Crippen LogP contribution in [0.25, 0.3) is 11.0 Å². The quantitative estimate of drug-likeness (QED) is 0.458. The van der Waals surface area contributed by atoms with Crippen LogP contribution in [0.1, 0.15) is 11.1 Å². The molecule has 0 saturated heterocycles. The van der Waals surface area contributed by atoms with Crippen LogP contribution in [0.5, 0.6) is 0 Å². The molecule has 0 aliphatic rings. The summed E-state index contributed by atoms with van der Waals surface area (Å²) in [6.07, 6.45) is -4.40. The van der Waals surface area contributed by atoms with Gasteiger partial charge in [0.15, 0.2) is 5.16 Å². The van der Waals surface area contributed by atoms with Crippen molar-refractivity contribution in [3.63, 3.8) is 0 Å². The van der Waals surface area contributed by atoms with E-state index in [-0.39, 0.29) is 13.2 Å². The summed E-state index contributed by atoms with van der Waals surface area (Å²) < 4.78 is 46.2. The molecule has 0 aliphatic heterocycles. The zero-order valence-corrected chi connectivity index (χ0v) is 15.3. The number of hydrogen-bond acceptors (Lipinski definition) is 4. The zero-order chi connectivity index (χ0) is 19.3. The van der Waals surface area contributed by atoms with Gasteiger partial charge in [0.2, 0.25) is 0 Å². The largest absolute Gasteiger partial charge is 0.416 e. The fourth-order valence-corrected chi connectivity index (χ4v) is 3.54. The molecule has 3 aromatic rings. The number of benzene rings is 2. The highest BCUT2D eigenvalue weighted by Gasteiger charge is 2.31. The van der Waals surface area contributed by atoms with Gasteiger partial charge >= 0.3 is 6.18 Å². The van der Waals surface area contributed by atoms with Gasteiger partial charge in [-0.15, -0.1) is 0 Å². The minimum atomic E-state index is -4.40. The van der Waals surface area contributed by atoms with E-state index in [0.717, 1.165) is 17.7 Å². The van der Waals surface area contributed by atoms with Crippen LogP contribution >= 0.6 is 11.8 Å². The Balaban J connectivity index is 1.91. The van der Waals surface area contributed by atoms with Crippen LogP contribution in [-0.4, -0.2) is 40.2 Å². The molecule has 2 aromatic carbocycles. The second kappa shape index (κ2) is 8.77. The van der Waals surface area contributed by atoms with Crippen molar-refractivity contribution in [2.45, 2.75) is 17.9 Å². The summed E-state index contributed by atoms with van der Waals surface area (Å²) in [4.78, 5) is 4.42. The third kappa shape index (κ3) is 5.03. The first kappa shape index (κ1) is 19.7. The highest BCUT2D eigenvalue weighted by molar-refractivity contribution is 7.99. The summed E-state index contributed by atoms with van der Waals surface area (Å²) in [5, 5.41) is 9.38. The predicted molar refractivity (Wildman–Crippen MR) is 98.9 cm³/mol. The number of thioether (sulfide) groups is 1. The normalized spacial score (nSPS) is 12.0. The fourth-order valence-electron chi connectivity index (χ4n) is 2.67. The van der Waals surface area contributed by atoms with Gasteiger partial charge in [0.05, 0.1) is 43.0 Å². The number of aliphatic hydroxyl groups excluding tert-OH is 1. The average Bonchev–Trinajstić information content (AvgIpc) is 2.98. The maximum absolute atomic E-state index is 13.0. The van der Waals surface area contributed by atoms with Crippen molar-refractivity contribution in [3.8, 4) is 0 Å². The van der Waals surface area contributed by atoms with E-state index >= 15 is 0 Å². The lowest BCUT2D eigenvalue weighted by Crippen LogP contribution is -2.06. The van der Waals surface area contributed by atoms with Crippen LogP contribution in [0, 0.1) is 0 Å². The van der Waals surface area contributed by atoms with E-state index in [1.165, 1.54) is 17.8 Å². The number of aromatic nitrogens is 2. The Morgan fingerprint density at radius 1 is 1.07 bits per heavy atom. The first-order valence-corrected chi connectivity index (χ1v) is 9.40. The summed E-state index contributed by atoms with van der Waals surface area (Å²) in [5.74, 6) is 0.588.